The van der Waals surface area contributed by atoms with Crippen LogP contribution in [-0.4, -0.2) is 58.4 Å². The van der Waals surface area contributed by atoms with Crippen molar-refractivity contribution in [2.75, 3.05) is 23.0 Å². The summed E-state index contributed by atoms with van der Waals surface area (Å²) < 4.78 is 30.9. The van der Waals surface area contributed by atoms with Gasteiger partial charge in [-0.15, -0.1) is 0 Å². The van der Waals surface area contributed by atoms with Crippen LogP contribution < -0.4 is 10.6 Å². The molecule has 0 unspecified atom stereocenters. The first-order valence-corrected chi connectivity index (χ1v) is 17.2. The van der Waals surface area contributed by atoms with E-state index in [4.69, 9.17) is 17.2 Å². The summed E-state index contributed by atoms with van der Waals surface area (Å²) in [5.41, 5.74) is 6.47. The molecule has 0 saturated heterocycles. The summed E-state index contributed by atoms with van der Waals surface area (Å²) in [5, 5.41) is 15.7. The minimum absolute atomic E-state index is 0.0916. The number of hydrogen-bond acceptors (Lipinski definition) is 8. The van der Waals surface area contributed by atoms with Gasteiger partial charge in [-0.05, 0) is 85.0 Å². The van der Waals surface area contributed by atoms with Crippen molar-refractivity contribution in [3.8, 4) is 45.0 Å². The Balaban J connectivity index is 0.000000176. The number of imidazole rings is 2. The molecule has 51 heavy (non-hydrogen) atoms. The van der Waals surface area contributed by atoms with Crippen LogP contribution >= 0.6 is 24.0 Å². The number of hydrogen-bond donors (Lipinski definition) is 4. The number of halogens is 2. The zero-order valence-electron chi connectivity index (χ0n) is 27.5. The first-order valence-electron chi connectivity index (χ1n) is 15.8. The predicted octanol–water partition coefficient (Wildman–Crippen LogP) is 7.18. The number of rotatable bonds is 8. The lowest BCUT2D eigenvalue weighted by Gasteiger charge is -2.11. The molecule has 5 heterocycles. The monoisotopic (exact) mass is 726 g/mol. The Kier molecular flexibility index (Phi) is 10.8. The van der Waals surface area contributed by atoms with Crippen LogP contribution in [0.2, 0.25) is 0 Å². The van der Waals surface area contributed by atoms with Gasteiger partial charge >= 0.3 is 0 Å². The quantitative estimate of drug-likeness (QED) is 0.121. The second-order valence-corrected chi connectivity index (χ2v) is 12.8. The van der Waals surface area contributed by atoms with Gasteiger partial charge in [0.1, 0.15) is 23.3 Å². The average Bonchev–Trinajstić information content (AvgIpc) is 3.79. The van der Waals surface area contributed by atoms with Crippen LogP contribution in [0, 0.1) is 16.4 Å². The first-order chi connectivity index (χ1) is 24.6. The third-order valence-electron chi connectivity index (χ3n) is 7.71. The minimum Gasteiger partial charge on any atom is -0.395 e. The first kappa shape index (κ1) is 35.3. The second kappa shape index (κ2) is 15.6. The lowest BCUT2D eigenvalue weighted by molar-refractivity contribution is -0.115. The van der Waals surface area contributed by atoms with Crippen molar-refractivity contribution in [2.45, 2.75) is 32.1 Å². The van der Waals surface area contributed by atoms with Crippen molar-refractivity contribution >= 4 is 47.4 Å². The molecule has 0 aliphatic carbocycles. The van der Waals surface area contributed by atoms with Gasteiger partial charge < -0.3 is 29.9 Å². The Labute approximate surface area is 300 Å². The fourth-order valence-electron chi connectivity index (χ4n) is 5.64. The van der Waals surface area contributed by atoms with Gasteiger partial charge in [0.25, 0.3) is 0 Å². The number of pyridine rings is 2. The van der Waals surface area contributed by atoms with Crippen LogP contribution in [0.1, 0.15) is 13.8 Å². The number of fused-ring (bicyclic) bond motifs is 1. The molecule has 7 rings (SSSR count). The van der Waals surface area contributed by atoms with Crippen molar-refractivity contribution in [3.05, 3.63) is 102 Å². The Hall–Kier alpha value is -5.51. The van der Waals surface area contributed by atoms with Crippen molar-refractivity contribution in [1.82, 2.24) is 29.1 Å². The largest absolute Gasteiger partial charge is 0.395 e. The highest BCUT2D eigenvalue weighted by Crippen LogP contribution is 2.39. The number of aliphatic hydroxyl groups is 1. The number of benzene rings is 2. The molecule has 0 bridgehead atoms. The van der Waals surface area contributed by atoms with Crippen LogP contribution in [0.25, 0.3) is 45.0 Å². The van der Waals surface area contributed by atoms with E-state index >= 15 is 0 Å². The Morgan fingerprint density at radius 2 is 1.39 bits per heavy atom. The number of nitrogens with one attached hydrogen (secondary N) is 3. The van der Waals surface area contributed by atoms with Gasteiger partial charge in [-0.3, -0.25) is 9.59 Å². The lowest BCUT2D eigenvalue weighted by Crippen LogP contribution is -2.08. The highest BCUT2D eigenvalue weighted by atomic mass is 32.2. The van der Waals surface area contributed by atoms with E-state index in [9.17, 15) is 23.5 Å². The number of aromatic amines is 1. The zero-order chi connectivity index (χ0) is 36.1. The van der Waals surface area contributed by atoms with Gasteiger partial charge in [0.15, 0.2) is 9.93 Å². The van der Waals surface area contributed by atoms with Crippen LogP contribution in [0.3, 0.4) is 0 Å². The molecular formula is C36H32F2N8O3S2. The smallest absolute Gasteiger partial charge is 0.222 e. The number of aromatic nitrogens is 6. The molecule has 0 radical (unpaired) electrons. The predicted molar refractivity (Wildman–Crippen MR) is 196 cm³/mol. The van der Waals surface area contributed by atoms with Gasteiger partial charge in [-0.1, -0.05) is 11.8 Å². The van der Waals surface area contributed by atoms with Crippen molar-refractivity contribution in [3.63, 3.8) is 0 Å². The number of aliphatic hydroxyl groups excluding tert-OH is 1. The van der Waals surface area contributed by atoms with E-state index < -0.39 is 0 Å². The van der Waals surface area contributed by atoms with Gasteiger partial charge in [0, 0.05) is 67.3 Å². The van der Waals surface area contributed by atoms with E-state index in [1.54, 1.807) is 65.1 Å². The Morgan fingerprint density at radius 1 is 0.843 bits per heavy atom. The summed E-state index contributed by atoms with van der Waals surface area (Å²) >= 11 is 7.09. The summed E-state index contributed by atoms with van der Waals surface area (Å²) in [7, 11) is 0. The average molecular weight is 727 g/mol. The molecule has 260 valence electrons. The fraction of sp³-hybridized carbons (Fsp3) is 0.167. The summed E-state index contributed by atoms with van der Waals surface area (Å²) in [6.07, 6.45) is 3.24. The number of H-pyrrole nitrogens is 1. The van der Waals surface area contributed by atoms with Crippen molar-refractivity contribution in [1.29, 1.82) is 0 Å². The van der Waals surface area contributed by atoms with Crippen molar-refractivity contribution in [2.24, 2.45) is 0 Å². The normalized spacial score (nSPS) is 11.8. The van der Waals surface area contributed by atoms with Gasteiger partial charge in [-0.2, -0.15) is 0 Å². The summed E-state index contributed by atoms with van der Waals surface area (Å²) in [6, 6.07) is 19.6. The molecule has 4 aromatic heterocycles. The van der Waals surface area contributed by atoms with Gasteiger partial charge in [0.2, 0.25) is 11.8 Å². The Bertz CT molecular complexity index is 2270. The van der Waals surface area contributed by atoms with E-state index in [-0.39, 0.29) is 30.1 Å². The molecule has 0 atom stereocenters. The maximum atomic E-state index is 13.3. The third-order valence-corrected chi connectivity index (χ3v) is 8.99. The van der Waals surface area contributed by atoms with Crippen LogP contribution in [0.4, 0.5) is 20.4 Å². The van der Waals surface area contributed by atoms with Crippen molar-refractivity contribution < 1.29 is 23.5 Å². The molecule has 2 aromatic carbocycles. The lowest BCUT2D eigenvalue weighted by atomic mass is 10.1. The summed E-state index contributed by atoms with van der Waals surface area (Å²) in [4.78, 5) is 38.8. The topological polar surface area (TPSA) is 143 Å². The molecule has 15 heteroatoms. The number of carbonyl (C=O) groups is 2. The molecule has 4 N–H and O–H groups in total. The highest BCUT2D eigenvalue weighted by molar-refractivity contribution is 7.99. The van der Waals surface area contributed by atoms with Crippen LogP contribution in [-0.2, 0) is 22.7 Å². The fourth-order valence-corrected chi connectivity index (χ4v) is 6.88. The van der Waals surface area contributed by atoms with E-state index in [2.05, 4.69) is 30.2 Å². The highest BCUT2D eigenvalue weighted by Gasteiger charge is 2.24. The van der Waals surface area contributed by atoms with Crippen LogP contribution in [0.5, 0.6) is 0 Å². The molecule has 6 aromatic rings. The van der Waals surface area contributed by atoms with E-state index in [0.29, 0.717) is 28.6 Å². The number of thioether (sulfide) groups is 1. The number of nitrogens with zero attached hydrogens (tertiary/aromatic N) is 5. The molecule has 1 aliphatic heterocycles. The SMILES string of the molecule is CC(=O)Nc1cc(-c2c(-c3ccc(F)cc3)[nH]c(=S)n2CCO)ccn1.CC(=O)Nc1cc(-c2c(-c3ccc(F)cc3)nc3n2CCS3)ccn1. The Morgan fingerprint density at radius 3 is 1.94 bits per heavy atom. The van der Waals surface area contributed by atoms with E-state index in [1.807, 2.05) is 12.1 Å². The molecule has 0 saturated carbocycles. The molecular weight excluding hydrogens is 695 g/mol. The van der Waals surface area contributed by atoms with Crippen LogP contribution in [0.15, 0.2) is 90.3 Å². The zero-order valence-corrected chi connectivity index (χ0v) is 29.1. The van der Waals surface area contributed by atoms with Gasteiger partial charge in [0.05, 0.1) is 29.4 Å². The standard InChI is InChI=1S/C18H17FN4O2S.C18H15FN4OS/c1-11(25)21-15-10-13(6-7-20-15)17-16(12-2-4-14(19)5-3-12)22-18(26)23(17)8-9-24;1-11(24)21-15-10-13(6-7-20-15)17-16(12-2-4-14(19)5-3-12)22-18-23(17)8-9-25-18/h2-7,10,24H,8-9H2,1H3,(H,22,26)(H,20,21,25);2-7,10H,8-9H2,1H3,(H,20,21,24). The molecule has 0 fully saturated rings. The molecule has 1 aliphatic rings. The maximum absolute atomic E-state index is 13.3. The summed E-state index contributed by atoms with van der Waals surface area (Å²) in [6.45, 7) is 3.92. The third kappa shape index (κ3) is 8.11. The minimum atomic E-state index is -0.333. The maximum Gasteiger partial charge on any atom is 0.222 e. The number of amides is 2. The van der Waals surface area contributed by atoms with Gasteiger partial charge in [-0.25, -0.2) is 23.7 Å². The number of carbonyl (C=O) groups excluding carboxylic acids is 2. The van der Waals surface area contributed by atoms with E-state index in [0.717, 1.165) is 56.8 Å². The molecule has 11 nitrogen and oxygen atoms in total. The molecule has 2 amide bonds. The van der Waals surface area contributed by atoms with E-state index in [1.165, 1.54) is 38.1 Å². The second-order valence-electron chi connectivity index (χ2n) is 11.4. The number of anilines is 2. The summed E-state index contributed by atoms with van der Waals surface area (Å²) in [5.74, 6) is 0.873. The molecule has 0 spiro atoms.